The van der Waals surface area contributed by atoms with E-state index >= 15 is 0 Å². The van der Waals surface area contributed by atoms with Crippen molar-refractivity contribution in [3.8, 4) is 5.75 Å². The van der Waals surface area contributed by atoms with Crippen molar-refractivity contribution in [1.29, 1.82) is 0 Å². The first-order valence-electron chi connectivity index (χ1n) is 13.5. The van der Waals surface area contributed by atoms with Crippen LogP contribution in [0, 0.1) is 20.8 Å². The molecule has 0 unspecified atom stereocenters. The molecule has 46 heavy (non-hydrogen) atoms. The van der Waals surface area contributed by atoms with Crippen molar-refractivity contribution >= 4 is 59.6 Å². The number of amides is 1. The van der Waals surface area contributed by atoms with Crippen molar-refractivity contribution in [2.45, 2.75) is 30.6 Å². The molecule has 0 radical (unpaired) electrons. The Morgan fingerprint density at radius 2 is 1.41 bits per heavy atom. The fourth-order valence-electron chi connectivity index (χ4n) is 4.60. The Labute approximate surface area is 288 Å². The molecule has 0 aliphatic heterocycles. The van der Waals surface area contributed by atoms with E-state index in [1.54, 1.807) is 50.2 Å². The van der Waals surface area contributed by atoms with Gasteiger partial charge in [-0.25, -0.2) is 8.42 Å². The molecular weight excluding hydrogens is 639 g/mol. The van der Waals surface area contributed by atoms with Gasteiger partial charge in [-0.05, 0) is 79.2 Å². The third-order valence-electron chi connectivity index (χ3n) is 7.09. The summed E-state index contributed by atoms with van der Waals surface area (Å²) in [6.07, 6.45) is 0. The van der Waals surface area contributed by atoms with Crippen molar-refractivity contribution in [2.75, 3.05) is 10.0 Å². The van der Waals surface area contributed by atoms with Crippen LogP contribution in [-0.2, 0) is 20.1 Å². The first-order valence-corrected chi connectivity index (χ1v) is 16.4. The van der Waals surface area contributed by atoms with Gasteiger partial charge in [0.1, 0.15) is 0 Å². The van der Waals surface area contributed by atoms with E-state index in [0.717, 1.165) is 17.7 Å². The number of fused-ring (bicyclic) bond motifs is 1. The first kappa shape index (κ1) is 34.8. The van der Waals surface area contributed by atoms with Gasteiger partial charge in [-0.1, -0.05) is 60.3 Å². The topological polar surface area (TPSA) is 177 Å². The second-order valence-electron chi connectivity index (χ2n) is 10.3. The maximum Gasteiger partial charge on any atom is 1.00 e. The maximum absolute atomic E-state index is 13.6. The van der Waals surface area contributed by atoms with Crippen molar-refractivity contribution < 1.29 is 60.8 Å². The van der Waals surface area contributed by atoms with Gasteiger partial charge in [0, 0.05) is 16.6 Å². The maximum atomic E-state index is 13.6. The summed E-state index contributed by atoms with van der Waals surface area (Å²) < 4.78 is 61.7. The average molecular weight is 667 g/mol. The fraction of sp³-hybridized carbons (Fsp3) is 0.0938. The minimum atomic E-state index is -4.57. The molecule has 14 heteroatoms. The minimum absolute atomic E-state index is 0. The Morgan fingerprint density at radius 3 is 2.13 bits per heavy atom. The van der Waals surface area contributed by atoms with Gasteiger partial charge in [-0.2, -0.15) is 18.6 Å². The summed E-state index contributed by atoms with van der Waals surface area (Å²) in [6.45, 7) is 4.97. The zero-order chi connectivity index (χ0) is 32.5. The number of rotatable bonds is 8. The summed E-state index contributed by atoms with van der Waals surface area (Å²) in [5.41, 5.74) is 1.98. The van der Waals surface area contributed by atoms with E-state index in [9.17, 15) is 31.3 Å². The molecule has 0 saturated carbocycles. The van der Waals surface area contributed by atoms with Crippen LogP contribution in [0.2, 0.25) is 0 Å². The molecular formula is C32H27N4NaO7S2. The standard InChI is InChI=1S/C32H28N4O7S2.Na/c1-19-8-4-7-11-27(19)33-32(38)26-16-22-9-5-6-10-25(22)30(31(26)37)35-34-23-14-12-21(3)29(17-23)44(39,40)36-28-18-24(45(41,42)43)15-13-20(28)2;/h4-18,36-37H,1-3H3,(H,33,38)(H,41,42,43);/q;+1/p-1. The Balaban J connectivity index is 0.00000480. The summed E-state index contributed by atoms with van der Waals surface area (Å²) in [5.74, 6) is -1.26. The van der Waals surface area contributed by atoms with E-state index in [-0.39, 0.29) is 57.1 Å². The van der Waals surface area contributed by atoms with Crippen LogP contribution >= 0.6 is 0 Å². The summed E-state index contributed by atoms with van der Waals surface area (Å²) >= 11 is 0. The predicted molar refractivity (Wildman–Crippen MR) is 170 cm³/mol. The van der Waals surface area contributed by atoms with Gasteiger partial charge < -0.3 is 10.4 Å². The monoisotopic (exact) mass is 666 g/mol. The van der Waals surface area contributed by atoms with Crippen LogP contribution in [0.4, 0.5) is 22.7 Å². The Kier molecular flexibility index (Phi) is 10.4. The van der Waals surface area contributed by atoms with Crippen LogP contribution in [0.3, 0.4) is 0 Å². The minimum Gasteiger partial charge on any atom is -0.870 e. The summed E-state index contributed by atoms with van der Waals surface area (Å²) in [4.78, 5) is 12.6. The fourth-order valence-corrected chi connectivity index (χ4v) is 6.49. The van der Waals surface area contributed by atoms with Gasteiger partial charge in [0.2, 0.25) is 0 Å². The Hall–Kier alpha value is -4.11. The Morgan fingerprint density at radius 1 is 0.761 bits per heavy atom. The molecule has 5 aromatic carbocycles. The van der Waals surface area contributed by atoms with Crippen LogP contribution in [0.15, 0.2) is 111 Å². The number of carbonyl (C=O) groups excluding carboxylic acids is 1. The normalized spacial score (nSPS) is 11.7. The molecule has 0 spiro atoms. The molecule has 0 fully saturated rings. The molecule has 5 rings (SSSR count). The summed E-state index contributed by atoms with van der Waals surface area (Å²) in [7, 11) is -8.84. The average Bonchev–Trinajstić information content (AvgIpc) is 2.98. The molecule has 0 heterocycles. The SMILES string of the molecule is Cc1ccccc1NC(=O)c1cc2ccccc2c(N=Nc2ccc(C)c(S(=O)(=O)Nc3cc(S(=O)(=O)O)ccc3C)c2)c1[O-].[Na+]. The van der Waals surface area contributed by atoms with Crippen LogP contribution in [0.25, 0.3) is 10.8 Å². The van der Waals surface area contributed by atoms with E-state index in [2.05, 4.69) is 20.3 Å². The number of hydrogen-bond acceptors (Lipinski definition) is 8. The molecule has 0 bridgehead atoms. The molecule has 0 aromatic heterocycles. The molecule has 230 valence electrons. The van der Waals surface area contributed by atoms with Crippen LogP contribution in [0.5, 0.6) is 5.75 Å². The number of benzene rings is 5. The van der Waals surface area contributed by atoms with E-state index < -0.39 is 36.7 Å². The van der Waals surface area contributed by atoms with Gasteiger partial charge in [0.05, 0.1) is 26.9 Å². The van der Waals surface area contributed by atoms with Gasteiger partial charge in [-0.3, -0.25) is 14.1 Å². The number of aryl methyl sites for hydroxylation is 3. The molecule has 0 aliphatic rings. The molecule has 0 aliphatic carbocycles. The van der Waals surface area contributed by atoms with Gasteiger partial charge in [0.15, 0.2) is 0 Å². The molecule has 11 nitrogen and oxygen atoms in total. The zero-order valence-corrected chi connectivity index (χ0v) is 28.9. The Bertz CT molecular complexity index is 2240. The predicted octanol–water partition coefficient (Wildman–Crippen LogP) is 3.56. The van der Waals surface area contributed by atoms with E-state index in [4.69, 9.17) is 0 Å². The van der Waals surface area contributed by atoms with Crippen LogP contribution < -0.4 is 44.7 Å². The number of azo groups is 1. The summed E-state index contributed by atoms with van der Waals surface area (Å²) in [6, 6.07) is 23.3. The molecule has 5 aromatic rings. The third-order valence-corrected chi connectivity index (χ3v) is 9.45. The number of nitrogens with one attached hydrogen (secondary N) is 2. The smallest absolute Gasteiger partial charge is 0.870 e. The van der Waals surface area contributed by atoms with Crippen molar-refractivity contribution in [3.05, 3.63) is 113 Å². The van der Waals surface area contributed by atoms with E-state index in [0.29, 0.717) is 27.6 Å². The third kappa shape index (κ3) is 7.47. The number of sulfonamides is 1. The quantitative estimate of drug-likeness (QED) is 0.129. The van der Waals surface area contributed by atoms with Crippen LogP contribution in [0.1, 0.15) is 27.0 Å². The number of carbonyl (C=O) groups is 1. The second-order valence-corrected chi connectivity index (χ2v) is 13.4. The van der Waals surface area contributed by atoms with Gasteiger partial charge in [0.25, 0.3) is 26.0 Å². The zero-order valence-electron chi connectivity index (χ0n) is 25.3. The van der Waals surface area contributed by atoms with E-state index in [1.807, 2.05) is 19.1 Å². The number of anilines is 2. The molecule has 0 saturated heterocycles. The second kappa shape index (κ2) is 13.7. The van der Waals surface area contributed by atoms with E-state index in [1.165, 1.54) is 30.3 Å². The largest absolute Gasteiger partial charge is 1.00 e. The number of hydrogen-bond donors (Lipinski definition) is 3. The number of nitrogens with zero attached hydrogens (tertiary/aromatic N) is 2. The molecule has 3 N–H and O–H groups in total. The van der Waals surface area contributed by atoms with Gasteiger partial charge in [-0.15, -0.1) is 0 Å². The number of para-hydroxylation sites is 1. The molecule has 0 atom stereocenters. The summed E-state index contributed by atoms with van der Waals surface area (Å²) in [5, 5.41) is 25.7. The first-order chi connectivity index (χ1) is 21.2. The van der Waals surface area contributed by atoms with Crippen LogP contribution in [-0.4, -0.2) is 27.3 Å². The van der Waals surface area contributed by atoms with Crippen molar-refractivity contribution in [3.63, 3.8) is 0 Å². The van der Waals surface area contributed by atoms with Crippen molar-refractivity contribution in [1.82, 2.24) is 0 Å². The van der Waals surface area contributed by atoms with Crippen molar-refractivity contribution in [2.24, 2.45) is 10.2 Å². The van der Waals surface area contributed by atoms with Gasteiger partial charge >= 0.3 is 29.6 Å². The molecule has 1 amide bonds.